The van der Waals surface area contributed by atoms with Crippen LogP contribution in [0.5, 0.6) is 0 Å². The topological polar surface area (TPSA) is 49.0 Å². The Hall–Kier alpha value is -1.72. The van der Waals surface area contributed by atoms with Gasteiger partial charge in [0.2, 0.25) is 0 Å². The summed E-state index contributed by atoms with van der Waals surface area (Å²) in [6.07, 6.45) is -0.0582. The standard InChI is InChI=1S/C11H10N4S/c16-11-13-10(14-15-11)9-6-5-7-3-1-2-4-8(7)12-9/h1-6,10,14H,(H2,13,15,16). The molecule has 5 heteroatoms. The molecule has 3 rings (SSSR count). The Morgan fingerprint density at radius 3 is 2.81 bits per heavy atom. The number of hydrogen-bond acceptors (Lipinski definition) is 3. The lowest BCUT2D eigenvalue weighted by Crippen LogP contribution is -2.27. The summed E-state index contributed by atoms with van der Waals surface area (Å²) in [6, 6.07) is 12.1. The fourth-order valence-corrected chi connectivity index (χ4v) is 1.91. The van der Waals surface area contributed by atoms with E-state index in [2.05, 4.69) is 27.2 Å². The van der Waals surface area contributed by atoms with E-state index in [1.54, 1.807) is 0 Å². The summed E-state index contributed by atoms with van der Waals surface area (Å²) in [5, 5.41) is 4.82. The molecule has 0 amide bonds. The molecule has 1 unspecified atom stereocenters. The maximum atomic E-state index is 4.98. The highest BCUT2D eigenvalue weighted by atomic mass is 32.1. The van der Waals surface area contributed by atoms with Crippen LogP contribution in [0, 0.1) is 0 Å². The van der Waals surface area contributed by atoms with E-state index in [0.29, 0.717) is 5.11 Å². The number of nitrogens with zero attached hydrogens (tertiary/aromatic N) is 1. The van der Waals surface area contributed by atoms with E-state index >= 15 is 0 Å². The minimum Gasteiger partial charge on any atom is -0.340 e. The van der Waals surface area contributed by atoms with Gasteiger partial charge in [0.05, 0.1) is 11.2 Å². The van der Waals surface area contributed by atoms with Crippen molar-refractivity contribution in [2.75, 3.05) is 0 Å². The fourth-order valence-electron chi connectivity index (χ4n) is 1.73. The quantitative estimate of drug-likeness (QED) is 0.643. The number of aromatic nitrogens is 1. The van der Waals surface area contributed by atoms with Gasteiger partial charge in [0.1, 0.15) is 6.17 Å². The lowest BCUT2D eigenvalue weighted by molar-refractivity contribution is 0.542. The third-order valence-corrected chi connectivity index (χ3v) is 2.74. The second-order valence-corrected chi connectivity index (χ2v) is 4.01. The van der Waals surface area contributed by atoms with E-state index in [1.165, 1.54) is 0 Å². The normalized spacial score (nSPS) is 19.5. The zero-order valence-corrected chi connectivity index (χ0v) is 9.21. The van der Waals surface area contributed by atoms with Crippen LogP contribution in [0.2, 0.25) is 0 Å². The Kier molecular flexibility index (Phi) is 2.19. The number of para-hydroxylation sites is 1. The minimum absolute atomic E-state index is 0.0582. The first-order valence-corrected chi connectivity index (χ1v) is 5.41. The van der Waals surface area contributed by atoms with Crippen molar-refractivity contribution in [2.45, 2.75) is 6.17 Å². The molecule has 3 N–H and O–H groups in total. The van der Waals surface area contributed by atoms with Gasteiger partial charge in [0.25, 0.3) is 0 Å². The molecule has 4 nitrogen and oxygen atoms in total. The van der Waals surface area contributed by atoms with Crippen LogP contribution in [0.3, 0.4) is 0 Å². The van der Waals surface area contributed by atoms with E-state index in [4.69, 9.17) is 12.2 Å². The maximum absolute atomic E-state index is 4.98. The van der Waals surface area contributed by atoms with Crippen LogP contribution in [0.4, 0.5) is 0 Å². The van der Waals surface area contributed by atoms with Crippen LogP contribution in [0.1, 0.15) is 11.9 Å². The molecule has 1 fully saturated rings. The van der Waals surface area contributed by atoms with Crippen molar-refractivity contribution in [3.8, 4) is 0 Å². The van der Waals surface area contributed by atoms with E-state index in [9.17, 15) is 0 Å². The Bertz CT molecular complexity index is 554. The summed E-state index contributed by atoms with van der Waals surface area (Å²) in [7, 11) is 0. The lowest BCUT2D eigenvalue weighted by atomic mass is 10.2. The van der Waals surface area contributed by atoms with Crippen molar-refractivity contribution in [2.24, 2.45) is 0 Å². The molecule has 0 spiro atoms. The number of hydrazine groups is 1. The molecule has 1 aromatic heterocycles. The molecule has 1 atom stereocenters. The van der Waals surface area contributed by atoms with Gasteiger partial charge in [0.15, 0.2) is 5.11 Å². The van der Waals surface area contributed by atoms with Crippen LogP contribution >= 0.6 is 12.2 Å². The molecule has 1 aliphatic rings. The van der Waals surface area contributed by atoms with Crippen molar-refractivity contribution in [1.29, 1.82) is 0 Å². The number of rotatable bonds is 1. The number of benzene rings is 1. The Labute approximate surface area is 98.0 Å². The van der Waals surface area contributed by atoms with Crippen LogP contribution in [-0.2, 0) is 0 Å². The highest BCUT2D eigenvalue weighted by Gasteiger charge is 2.19. The average Bonchev–Trinajstić information content (AvgIpc) is 2.75. The third kappa shape index (κ3) is 1.60. The van der Waals surface area contributed by atoms with Gasteiger partial charge in [-0.25, -0.2) is 10.4 Å². The second-order valence-electron chi connectivity index (χ2n) is 3.60. The Balaban J connectivity index is 2.02. The summed E-state index contributed by atoms with van der Waals surface area (Å²) in [4.78, 5) is 4.57. The van der Waals surface area contributed by atoms with Gasteiger partial charge in [-0.05, 0) is 24.4 Å². The van der Waals surface area contributed by atoms with E-state index in [0.717, 1.165) is 16.6 Å². The summed E-state index contributed by atoms with van der Waals surface area (Å²) in [5.74, 6) is 0. The zero-order valence-electron chi connectivity index (χ0n) is 8.40. The third-order valence-electron chi connectivity index (χ3n) is 2.52. The van der Waals surface area contributed by atoms with Gasteiger partial charge in [-0.1, -0.05) is 24.3 Å². The van der Waals surface area contributed by atoms with Gasteiger partial charge >= 0.3 is 0 Å². The molecule has 1 saturated heterocycles. The highest BCUT2D eigenvalue weighted by molar-refractivity contribution is 7.80. The average molecular weight is 230 g/mol. The maximum Gasteiger partial charge on any atom is 0.182 e. The van der Waals surface area contributed by atoms with Gasteiger partial charge in [0, 0.05) is 5.39 Å². The largest absolute Gasteiger partial charge is 0.340 e. The lowest BCUT2D eigenvalue weighted by Gasteiger charge is -2.09. The summed E-state index contributed by atoms with van der Waals surface area (Å²) in [5.41, 5.74) is 7.78. The van der Waals surface area contributed by atoms with Crippen LogP contribution in [0.15, 0.2) is 36.4 Å². The summed E-state index contributed by atoms with van der Waals surface area (Å²) in [6.45, 7) is 0. The molecule has 2 heterocycles. The number of thiocarbonyl (C=S) groups is 1. The predicted molar refractivity (Wildman–Crippen MR) is 66.5 cm³/mol. The van der Waals surface area contributed by atoms with Crippen molar-refractivity contribution in [1.82, 2.24) is 21.2 Å². The van der Waals surface area contributed by atoms with Gasteiger partial charge in [-0.15, -0.1) is 0 Å². The zero-order chi connectivity index (χ0) is 11.0. The SMILES string of the molecule is S=C1NNC(c2ccc3ccccc3n2)N1. The highest BCUT2D eigenvalue weighted by Crippen LogP contribution is 2.15. The Morgan fingerprint density at radius 1 is 1.12 bits per heavy atom. The first-order chi connectivity index (χ1) is 7.83. The first kappa shape index (κ1) is 9.50. The second kappa shape index (κ2) is 3.70. The van der Waals surface area contributed by atoms with Gasteiger partial charge < -0.3 is 5.32 Å². The Morgan fingerprint density at radius 2 is 2.00 bits per heavy atom. The summed E-state index contributed by atoms with van der Waals surface area (Å²) >= 11 is 4.98. The number of fused-ring (bicyclic) bond motifs is 1. The molecule has 16 heavy (non-hydrogen) atoms. The molecular formula is C11H10N4S. The van der Waals surface area contributed by atoms with E-state index in [-0.39, 0.29) is 6.17 Å². The molecule has 0 bridgehead atoms. The summed E-state index contributed by atoms with van der Waals surface area (Å²) < 4.78 is 0. The molecule has 2 aromatic rings. The number of pyridine rings is 1. The van der Waals surface area contributed by atoms with E-state index in [1.807, 2.05) is 30.3 Å². The van der Waals surface area contributed by atoms with Crippen molar-refractivity contribution >= 4 is 28.2 Å². The van der Waals surface area contributed by atoms with E-state index < -0.39 is 0 Å². The molecule has 0 radical (unpaired) electrons. The fraction of sp³-hybridized carbons (Fsp3) is 0.0909. The van der Waals surface area contributed by atoms with Crippen LogP contribution < -0.4 is 16.2 Å². The van der Waals surface area contributed by atoms with Crippen molar-refractivity contribution < 1.29 is 0 Å². The van der Waals surface area contributed by atoms with Crippen molar-refractivity contribution in [3.05, 3.63) is 42.1 Å². The van der Waals surface area contributed by atoms with Crippen molar-refractivity contribution in [3.63, 3.8) is 0 Å². The first-order valence-electron chi connectivity index (χ1n) is 5.01. The number of nitrogens with one attached hydrogen (secondary N) is 3. The minimum atomic E-state index is -0.0582. The molecule has 0 saturated carbocycles. The predicted octanol–water partition coefficient (Wildman–Crippen LogP) is 1.22. The smallest absolute Gasteiger partial charge is 0.182 e. The molecular weight excluding hydrogens is 220 g/mol. The number of hydrogen-bond donors (Lipinski definition) is 3. The van der Waals surface area contributed by atoms with Gasteiger partial charge in [-0.2, -0.15) is 0 Å². The van der Waals surface area contributed by atoms with Gasteiger partial charge in [-0.3, -0.25) is 5.43 Å². The molecule has 1 aliphatic heterocycles. The molecule has 1 aromatic carbocycles. The van der Waals surface area contributed by atoms with Crippen LogP contribution in [0.25, 0.3) is 10.9 Å². The molecule has 80 valence electrons. The molecule has 0 aliphatic carbocycles. The monoisotopic (exact) mass is 230 g/mol. The van der Waals surface area contributed by atoms with Crippen LogP contribution in [-0.4, -0.2) is 10.1 Å².